The summed E-state index contributed by atoms with van der Waals surface area (Å²) in [6, 6.07) is 16.5. The van der Waals surface area contributed by atoms with Crippen LogP contribution in [0.4, 0.5) is 0 Å². The number of aliphatic hydroxyl groups is 1. The molecule has 0 saturated carbocycles. The molecule has 3 N–H and O–H groups in total. The molecule has 0 heterocycles. The minimum Gasteiger partial charge on any atom is -0.473 e. The fourth-order valence-electron chi connectivity index (χ4n) is 1.91. The third kappa shape index (κ3) is 7.84. The summed E-state index contributed by atoms with van der Waals surface area (Å²) in [6.45, 7) is 1.02. The maximum Gasteiger partial charge on any atom is 0.414 e. The molecule has 0 bridgehead atoms. The number of hydrogen-bond donors (Lipinski definition) is 3. The number of carboxylic acids is 2. The molecular formula is C18H21NO5S. The van der Waals surface area contributed by atoms with Crippen molar-refractivity contribution in [2.45, 2.75) is 22.9 Å². The molecule has 0 radical (unpaired) electrons. The van der Waals surface area contributed by atoms with E-state index in [4.69, 9.17) is 19.8 Å². The zero-order valence-corrected chi connectivity index (χ0v) is 14.9. The Morgan fingerprint density at radius 1 is 1.00 bits per heavy atom. The SMILES string of the molecule is CN(C)Cc1ccccc1Sc1cccc(CO)c1.O=C(O)C(=O)O. The molecule has 0 fully saturated rings. The highest BCUT2D eigenvalue weighted by Gasteiger charge is 2.05. The lowest BCUT2D eigenvalue weighted by Crippen LogP contribution is -2.11. The topological polar surface area (TPSA) is 98.1 Å². The molecule has 0 unspecified atom stereocenters. The number of benzene rings is 2. The minimum absolute atomic E-state index is 0.0910. The average molecular weight is 363 g/mol. The van der Waals surface area contributed by atoms with Crippen molar-refractivity contribution in [3.05, 3.63) is 59.7 Å². The van der Waals surface area contributed by atoms with Crippen LogP contribution in [0.15, 0.2) is 58.3 Å². The summed E-state index contributed by atoms with van der Waals surface area (Å²) in [6.07, 6.45) is 0. The lowest BCUT2D eigenvalue weighted by atomic mass is 10.2. The van der Waals surface area contributed by atoms with Crippen molar-refractivity contribution >= 4 is 23.7 Å². The summed E-state index contributed by atoms with van der Waals surface area (Å²) >= 11 is 1.75. The van der Waals surface area contributed by atoms with Gasteiger partial charge in [-0.25, -0.2) is 9.59 Å². The number of carboxylic acid groups (broad SMARTS) is 2. The molecule has 25 heavy (non-hydrogen) atoms. The van der Waals surface area contributed by atoms with Gasteiger partial charge in [0.05, 0.1) is 6.61 Å². The minimum atomic E-state index is -1.82. The Bertz CT molecular complexity index is 706. The second kappa shape index (κ2) is 10.5. The number of aliphatic carboxylic acids is 2. The number of hydrogen-bond acceptors (Lipinski definition) is 5. The van der Waals surface area contributed by atoms with E-state index in [2.05, 4.69) is 49.3 Å². The van der Waals surface area contributed by atoms with Crippen molar-refractivity contribution in [3.8, 4) is 0 Å². The van der Waals surface area contributed by atoms with Crippen molar-refractivity contribution in [3.63, 3.8) is 0 Å². The first-order valence-corrected chi connectivity index (χ1v) is 8.21. The lowest BCUT2D eigenvalue weighted by molar-refractivity contribution is -0.159. The van der Waals surface area contributed by atoms with Gasteiger partial charge in [0.15, 0.2) is 0 Å². The quantitative estimate of drug-likeness (QED) is 0.702. The van der Waals surface area contributed by atoms with Crippen LogP contribution in [0.2, 0.25) is 0 Å². The number of nitrogens with zero attached hydrogens (tertiary/aromatic N) is 1. The summed E-state index contributed by atoms with van der Waals surface area (Å²) in [4.78, 5) is 22.8. The fourth-order valence-corrected chi connectivity index (χ4v) is 2.93. The van der Waals surface area contributed by atoms with Gasteiger partial charge in [0.2, 0.25) is 0 Å². The zero-order valence-electron chi connectivity index (χ0n) is 14.0. The van der Waals surface area contributed by atoms with Crippen molar-refractivity contribution < 1.29 is 24.9 Å². The monoisotopic (exact) mass is 363 g/mol. The summed E-state index contributed by atoms with van der Waals surface area (Å²) in [5, 5.41) is 24.0. The van der Waals surface area contributed by atoms with Gasteiger partial charge in [-0.15, -0.1) is 0 Å². The first-order valence-electron chi connectivity index (χ1n) is 7.40. The third-order valence-electron chi connectivity index (χ3n) is 2.95. The Hall–Kier alpha value is -2.35. The van der Waals surface area contributed by atoms with E-state index in [1.165, 1.54) is 10.5 Å². The van der Waals surface area contributed by atoms with Crippen LogP contribution >= 0.6 is 11.8 Å². The van der Waals surface area contributed by atoms with E-state index in [1.54, 1.807) is 11.8 Å². The molecule has 134 valence electrons. The van der Waals surface area contributed by atoms with E-state index < -0.39 is 11.9 Å². The van der Waals surface area contributed by atoms with Gasteiger partial charge < -0.3 is 20.2 Å². The van der Waals surface area contributed by atoms with Crippen molar-refractivity contribution in [2.24, 2.45) is 0 Å². The van der Waals surface area contributed by atoms with Crippen LogP contribution in [-0.2, 0) is 22.7 Å². The van der Waals surface area contributed by atoms with Gasteiger partial charge in [-0.2, -0.15) is 0 Å². The van der Waals surface area contributed by atoms with Crippen LogP contribution in [0.1, 0.15) is 11.1 Å². The molecular weight excluding hydrogens is 342 g/mol. The fraction of sp³-hybridized carbons (Fsp3) is 0.222. The van der Waals surface area contributed by atoms with Gasteiger partial charge >= 0.3 is 11.9 Å². The highest BCUT2D eigenvalue weighted by molar-refractivity contribution is 7.99. The Morgan fingerprint density at radius 3 is 2.20 bits per heavy atom. The van der Waals surface area contributed by atoms with E-state index in [-0.39, 0.29) is 6.61 Å². The largest absolute Gasteiger partial charge is 0.473 e. The van der Waals surface area contributed by atoms with Crippen LogP contribution in [0, 0.1) is 0 Å². The molecule has 0 saturated heterocycles. The molecule has 2 aromatic carbocycles. The molecule has 0 aromatic heterocycles. The van der Waals surface area contributed by atoms with E-state index >= 15 is 0 Å². The molecule has 2 rings (SSSR count). The molecule has 7 heteroatoms. The standard InChI is InChI=1S/C16H19NOS.C2H2O4/c1-17(2)11-14-7-3-4-9-16(14)19-15-8-5-6-13(10-15)12-18;3-1(4)2(5)6/h3-10,18H,11-12H2,1-2H3;(H,3,4)(H,5,6). The van der Waals surface area contributed by atoms with Crippen LogP contribution in [0.25, 0.3) is 0 Å². The molecule has 0 aliphatic heterocycles. The maximum absolute atomic E-state index is 9.19. The second-order valence-corrected chi connectivity index (χ2v) is 6.48. The van der Waals surface area contributed by atoms with Crippen molar-refractivity contribution in [1.29, 1.82) is 0 Å². The normalized spacial score (nSPS) is 10.1. The van der Waals surface area contributed by atoms with Crippen molar-refractivity contribution in [2.75, 3.05) is 14.1 Å². The Kier molecular flexibility index (Phi) is 8.69. The van der Waals surface area contributed by atoms with Gasteiger partial charge in [-0.3, -0.25) is 0 Å². The first kappa shape index (κ1) is 20.7. The van der Waals surface area contributed by atoms with Gasteiger partial charge in [0, 0.05) is 16.3 Å². The predicted octanol–water partition coefficient (Wildman–Crippen LogP) is 2.55. The number of carbonyl (C=O) groups is 2. The average Bonchev–Trinajstić information content (AvgIpc) is 2.57. The summed E-state index contributed by atoms with van der Waals surface area (Å²) in [7, 11) is 4.15. The van der Waals surface area contributed by atoms with Crippen LogP contribution in [0.3, 0.4) is 0 Å². The summed E-state index contributed by atoms with van der Waals surface area (Å²) in [5.74, 6) is -3.65. The first-order chi connectivity index (χ1) is 11.8. The van der Waals surface area contributed by atoms with E-state index in [0.717, 1.165) is 17.0 Å². The second-order valence-electron chi connectivity index (χ2n) is 5.36. The van der Waals surface area contributed by atoms with Gasteiger partial charge in [-0.1, -0.05) is 42.1 Å². The van der Waals surface area contributed by atoms with Gasteiger partial charge in [0.25, 0.3) is 0 Å². The molecule has 0 atom stereocenters. The van der Waals surface area contributed by atoms with E-state index in [1.807, 2.05) is 18.2 Å². The van der Waals surface area contributed by atoms with Crippen LogP contribution < -0.4 is 0 Å². The number of aliphatic hydroxyl groups excluding tert-OH is 1. The predicted molar refractivity (Wildman–Crippen MR) is 95.6 cm³/mol. The Morgan fingerprint density at radius 2 is 1.64 bits per heavy atom. The smallest absolute Gasteiger partial charge is 0.414 e. The van der Waals surface area contributed by atoms with Gasteiger partial charge in [-0.05, 0) is 43.4 Å². The summed E-state index contributed by atoms with van der Waals surface area (Å²) < 4.78 is 0. The lowest BCUT2D eigenvalue weighted by Gasteiger charge is -2.14. The molecule has 0 spiro atoms. The van der Waals surface area contributed by atoms with Crippen LogP contribution in [0.5, 0.6) is 0 Å². The van der Waals surface area contributed by atoms with Crippen molar-refractivity contribution in [1.82, 2.24) is 4.90 Å². The highest BCUT2D eigenvalue weighted by Crippen LogP contribution is 2.31. The molecule has 0 aliphatic carbocycles. The maximum atomic E-state index is 9.19. The Labute approximate surface area is 150 Å². The Balaban J connectivity index is 0.000000450. The van der Waals surface area contributed by atoms with Gasteiger partial charge in [0.1, 0.15) is 0 Å². The van der Waals surface area contributed by atoms with E-state index in [0.29, 0.717) is 0 Å². The summed E-state index contributed by atoms with van der Waals surface area (Å²) in [5.41, 5.74) is 2.28. The molecule has 0 amide bonds. The molecule has 2 aromatic rings. The molecule has 6 nitrogen and oxygen atoms in total. The third-order valence-corrected chi connectivity index (χ3v) is 4.06. The van der Waals surface area contributed by atoms with Crippen LogP contribution in [-0.4, -0.2) is 46.3 Å². The molecule has 0 aliphatic rings. The number of rotatable bonds is 5. The highest BCUT2D eigenvalue weighted by atomic mass is 32.2. The van der Waals surface area contributed by atoms with E-state index in [9.17, 15) is 5.11 Å². The zero-order chi connectivity index (χ0) is 18.8.